The van der Waals surface area contributed by atoms with E-state index in [0.717, 1.165) is 53.8 Å². The average molecular weight is 809 g/mol. The van der Waals surface area contributed by atoms with E-state index >= 15 is 0 Å². The van der Waals surface area contributed by atoms with Crippen LogP contribution in [-0.2, 0) is 35.7 Å². The molecule has 1 radical (unpaired) electrons. The number of benzene rings is 3. The van der Waals surface area contributed by atoms with E-state index in [-0.39, 0.29) is 48.9 Å². The number of pyridine rings is 1. The summed E-state index contributed by atoms with van der Waals surface area (Å²) in [5, 5.41) is 14.5. The van der Waals surface area contributed by atoms with Gasteiger partial charge in [0.2, 0.25) is 0 Å². The number of rotatable bonds is 7. The Hall–Kier alpha value is -3.01. The Kier molecular flexibility index (Phi) is 10.4. The van der Waals surface area contributed by atoms with Gasteiger partial charge in [-0.1, -0.05) is 95.2 Å². The predicted molar refractivity (Wildman–Crippen MR) is 190 cm³/mol. The smallest absolute Gasteiger partial charge is 0.162 e. The molecule has 47 heavy (non-hydrogen) atoms. The van der Waals surface area contributed by atoms with Gasteiger partial charge in [0.1, 0.15) is 5.75 Å². The van der Waals surface area contributed by atoms with E-state index in [0.29, 0.717) is 5.41 Å². The van der Waals surface area contributed by atoms with Gasteiger partial charge in [0.15, 0.2) is 5.78 Å². The number of carbonyl (C=O) groups excluding carboxylic acids is 1. The van der Waals surface area contributed by atoms with Crippen LogP contribution in [0.2, 0.25) is 0 Å². The SMILES string of the molecule is CCC(CC)C(=O)/C=C(\O)C(CC)CC.Cc1c2c([c-]c3ccccc13)-c1nccc3cc4c(c(c13)O2)C(C)(C)CC41CCCC1.[Ir]. The van der Waals surface area contributed by atoms with Crippen molar-refractivity contribution in [2.75, 3.05) is 0 Å². The Balaban J connectivity index is 0.000000234. The van der Waals surface area contributed by atoms with E-state index in [1.54, 1.807) is 5.56 Å². The van der Waals surface area contributed by atoms with Gasteiger partial charge in [0, 0.05) is 60.9 Å². The molecule has 0 bridgehead atoms. The molecule has 3 aliphatic rings. The summed E-state index contributed by atoms with van der Waals surface area (Å²) >= 11 is 0. The summed E-state index contributed by atoms with van der Waals surface area (Å²) in [7, 11) is 0. The number of aliphatic hydroxyl groups is 1. The van der Waals surface area contributed by atoms with Crippen molar-refractivity contribution < 1.29 is 34.7 Å². The normalized spacial score (nSPS) is 16.9. The first-order valence-corrected chi connectivity index (χ1v) is 17.6. The van der Waals surface area contributed by atoms with Gasteiger partial charge in [0.25, 0.3) is 0 Å². The number of aryl methyl sites for hydroxylation is 1. The summed E-state index contributed by atoms with van der Waals surface area (Å²) in [5.74, 6) is 2.54. The summed E-state index contributed by atoms with van der Waals surface area (Å²) in [4.78, 5) is 16.6. The maximum Gasteiger partial charge on any atom is 0.162 e. The molecule has 2 heterocycles. The van der Waals surface area contributed by atoms with Crippen molar-refractivity contribution in [3.63, 3.8) is 0 Å². The van der Waals surface area contributed by atoms with E-state index in [1.165, 1.54) is 65.5 Å². The standard InChI is InChI=1S/C29H26NO.C13H24O2.Ir/c1-17-20-9-5-4-8-18(20)14-21-25-23-19(10-13-30-25)15-22-24(27(23)31-26(17)21)28(2,3)16-29(22)11-6-7-12-29;1-5-10(6-2)12(14)9-13(15)11(7-3)8-4;/h4-5,8-10,13,15H,6-7,11-12,16H2,1-3H3;9-11,14H,5-8H2,1-4H3;/q-1;;/b;12-9-;. The van der Waals surface area contributed by atoms with Crippen molar-refractivity contribution in [1.29, 1.82) is 0 Å². The molecule has 5 heteroatoms. The second-order valence-electron chi connectivity index (χ2n) is 14.5. The average Bonchev–Trinajstić information content (AvgIpc) is 3.60. The number of aromatic nitrogens is 1. The number of hydrogen-bond donors (Lipinski definition) is 1. The molecule has 0 atom stereocenters. The molecule has 0 amide bonds. The number of ether oxygens (including phenoxy) is 1. The molecule has 3 aromatic carbocycles. The van der Waals surface area contributed by atoms with E-state index in [2.05, 4.69) is 63.2 Å². The van der Waals surface area contributed by atoms with Crippen LogP contribution in [0.1, 0.15) is 116 Å². The first-order valence-electron chi connectivity index (χ1n) is 17.6. The minimum absolute atomic E-state index is 0. The van der Waals surface area contributed by atoms with Gasteiger partial charge in [-0.15, -0.1) is 17.5 Å². The fourth-order valence-corrected chi connectivity index (χ4v) is 8.82. The molecule has 2 aliphatic carbocycles. The van der Waals surface area contributed by atoms with Crippen LogP contribution in [0.5, 0.6) is 11.5 Å². The third-order valence-electron chi connectivity index (χ3n) is 11.3. The molecule has 0 unspecified atom stereocenters. The number of ketones is 1. The molecule has 1 N–H and O–H groups in total. The molecule has 251 valence electrons. The van der Waals surface area contributed by atoms with E-state index in [4.69, 9.17) is 9.72 Å². The zero-order chi connectivity index (χ0) is 32.8. The van der Waals surface area contributed by atoms with Crippen LogP contribution in [0.15, 0.2) is 54.4 Å². The maximum atomic E-state index is 11.7. The van der Waals surface area contributed by atoms with E-state index in [9.17, 15) is 9.90 Å². The maximum absolute atomic E-state index is 11.7. The van der Waals surface area contributed by atoms with Gasteiger partial charge in [-0.2, -0.15) is 0 Å². The summed E-state index contributed by atoms with van der Waals surface area (Å²) < 4.78 is 6.90. The van der Waals surface area contributed by atoms with Gasteiger partial charge in [-0.05, 0) is 79.7 Å². The molecule has 1 spiro atoms. The molecular weight excluding hydrogens is 759 g/mol. The summed E-state index contributed by atoms with van der Waals surface area (Å²) in [5.41, 5.74) is 6.59. The van der Waals surface area contributed by atoms with Gasteiger partial charge in [-0.3, -0.25) is 9.78 Å². The molecule has 4 nitrogen and oxygen atoms in total. The van der Waals surface area contributed by atoms with E-state index < -0.39 is 0 Å². The van der Waals surface area contributed by atoms with E-state index in [1.807, 2.05) is 33.9 Å². The van der Waals surface area contributed by atoms with Crippen LogP contribution in [0.4, 0.5) is 0 Å². The summed E-state index contributed by atoms with van der Waals surface area (Å²) in [6.45, 7) is 15.1. The topological polar surface area (TPSA) is 59.4 Å². The number of hydrogen-bond acceptors (Lipinski definition) is 4. The van der Waals surface area contributed by atoms with Gasteiger partial charge in [0.05, 0.1) is 11.5 Å². The number of aliphatic hydroxyl groups excluding tert-OH is 1. The van der Waals surface area contributed by atoms with Gasteiger partial charge < -0.3 is 9.84 Å². The molecule has 1 fully saturated rings. The predicted octanol–water partition coefficient (Wildman–Crippen LogP) is 11.6. The molecule has 0 saturated heterocycles. The first kappa shape index (κ1) is 35.3. The Labute approximate surface area is 294 Å². The zero-order valence-corrected chi connectivity index (χ0v) is 31.6. The van der Waals surface area contributed by atoms with Gasteiger partial charge in [-0.25, -0.2) is 0 Å². The van der Waals surface area contributed by atoms with Crippen LogP contribution in [-0.4, -0.2) is 15.9 Å². The fraction of sp³-hybridized carbons (Fsp3) is 0.476. The number of nitrogens with zero attached hydrogens (tertiary/aromatic N) is 1. The zero-order valence-electron chi connectivity index (χ0n) is 29.2. The Morgan fingerprint density at radius 3 is 2.32 bits per heavy atom. The van der Waals surface area contributed by atoms with Crippen LogP contribution >= 0.6 is 0 Å². The van der Waals surface area contributed by atoms with Crippen molar-refractivity contribution in [3.8, 4) is 22.8 Å². The van der Waals surface area contributed by atoms with Crippen LogP contribution in [0.25, 0.3) is 32.8 Å². The molecular formula is C42H50IrNO3-. The van der Waals surface area contributed by atoms with Crippen molar-refractivity contribution in [2.24, 2.45) is 11.8 Å². The summed E-state index contributed by atoms with van der Waals surface area (Å²) in [6.07, 6.45) is 13.4. The number of carbonyl (C=O) groups is 1. The number of fused-ring (bicyclic) bond motifs is 6. The third kappa shape index (κ3) is 6.08. The molecule has 7 rings (SSSR count). The van der Waals surface area contributed by atoms with Crippen LogP contribution in [0.3, 0.4) is 0 Å². The third-order valence-corrected chi connectivity index (χ3v) is 11.3. The number of allylic oxidation sites excluding steroid dienone is 2. The Bertz CT molecular complexity index is 1820. The van der Waals surface area contributed by atoms with Crippen molar-refractivity contribution in [3.05, 3.63) is 77.2 Å². The van der Waals surface area contributed by atoms with Crippen LogP contribution in [0, 0.1) is 24.8 Å². The molecule has 1 aliphatic heterocycles. The largest absolute Gasteiger partial charge is 0.512 e. The summed E-state index contributed by atoms with van der Waals surface area (Å²) in [6, 6.07) is 16.7. The van der Waals surface area contributed by atoms with Crippen molar-refractivity contribution >= 4 is 27.3 Å². The molecule has 4 aromatic rings. The van der Waals surface area contributed by atoms with Crippen molar-refractivity contribution in [1.82, 2.24) is 4.98 Å². The second-order valence-corrected chi connectivity index (χ2v) is 14.5. The molecule has 1 saturated carbocycles. The fourth-order valence-electron chi connectivity index (χ4n) is 8.82. The molecule has 1 aromatic heterocycles. The quantitative estimate of drug-likeness (QED) is 0.101. The monoisotopic (exact) mass is 809 g/mol. The Morgan fingerprint density at radius 1 is 1.00 bits per heavy atom. The first-order chi connectivity index (χ1) is 22.1. The second kappa shape index (κ2) is 13.8. The Morgan fingerprint density at radius 2 is 1.66 bits per heavy atom. The minimum Gasteiger partial charge on any atom is -0.512 e. The van der Waals surface area contributed by atoms with Crippen LogP contribution < -0.4 is 4.74 Å². The van der Waals surface area contributed by atoms with Crippen molar-refractivity contribution in [2.45, 2.75) is 117 Å². The van der Waals surface area contributed by atoms with Gasteiger partial charge >= 0.3 is 0 Å². The minimum atomic E-state index is 0.